The van der Waals surface area contributed by atoms with Gasteiger partial charge in [0.15, 0.2) is 0 Å². The van der Waals surface area contributed by atoms with Crippen molar-refractivity contribution >= 4 is 53.1 Å². The molecule has 3 aromatic rings. The Morgan fingerprint density at radius 1 is 0.971 bits per heavy atom. The fourth-order valence-electron chi connectivity index (χ4n) is 7.80. The minimum absolute atomic E-state index is 0.00918. The van der Waals surface area contributed by atoms with E-state index in [4.69, 9.17) is 30.6 Å². The number of carbonyl (C=O) groups excluding carboxylic acids is 7. The van der Waals surface area contributed by atoms with E-state index < -0.39 is 71.1 Å². The highest BCUT2D eigenvalue weighted by Gasteiger charge is 2.48. The number of hydrogen-bond donors (Lipinski definition) is 3. The molecule has 3 N–H and O–H groups in total. The second-order valence-electron chi connectivity index (χ2n) is 19.6. The highest BCUT2D eigenvalue weighted by Crippen LogP contribution is 2.45. The third-order valence-electron chi connectivity index (χ3n) is 12.4. The Bertz CT molecular complexity index is 2380. The van der Waals surface area contributed by atoms with Gasteiger partial charge in [0.1, 0.15) is 30.0 Å². The van der Waals surface area contributed by atoms with Gasteiger partial charge in [-0.3, -0.25) is 24.0 Å². The van der Waals surface area contributed by atoms with E-state index in [2.05, 4.69) is 26.3 Å². The number of esters is 1. The number of benzene rings is 2. The zero-order chi connectivity index (χ0) is 49.5. The number of imide groups is 1. The van der Waals surface area contributed by atoms with Gasteiger partial charge in [0.2, 0.25) is 17.7 Å². The lowest BCUT2D eigenvalue weighted by molar-refractivity contribution is -0.198. The molecule has 3 aliphatic heterocycles. The maximum Gasteiger partial charge on any atom is 0.335 e. The molecule has 5 amide bonds. The first-order valence-corrected chi connectivity index (χ1v) is 23.3. The van der Waals surface area contributed by atoms with Crippen LogP contribution in [-0.2, 0) is 72.2 Å². The summed E-state index contributed by atoms with van der Waals surface area (Å²) in [6, 6.07) is 10.6. The summed E-state index contributed by atoms with van der Waals surface area (Å²) < 4.78 is 19.7. The van der Waals surface area contributed by atoms with Crippen LogP contribution in [0.2, 0.25) is 5.02 Å². The Hall–Kier alpha value is -5.98. The highest BCUT2D eigenvalue weighted by atomic mass is 35.5. The summed E-state index contributed by atoms with van der Waals surface area (Å²) in [6.45, 7) is 15.3. The first kappa shape index (κ1) is 51.4. The second-order valence-corrected chi connectivity index (χ2v) is 20.0. The molecule has 366 valence electrons. The monoisotopic (exact) mass is 959 g/mol. The van der Waals surface area contributed by atoms with Gasteiger partial charge in [-0.05, 0) is 73.9 Å². The molecular formula is C49H62ClN7O11. The van der Waals surface area contributed by atoms with Crippen molar-refractivity contribution in [2.24, 2.45) is 16.7 Å². The molecule has 2 saturated heterocycles. The number of aryl methyl sites for hydroxylation is 1. The van der Waals surface area contributed by atoms with Crippen LogP contribution in [0.25, 0.3) is 0 Å². The smallest absolute Gasteiger partial charge is 0.335 e. The van der Waals surface area contributed by atoms with Crippen molar-refractivity contribution in [3.63, 3.8) is 0 Å². The average molecular weight is 961 g/mol. The summed E-state index contributed by atoms with van der Waals surface area (Å²) in [5, 5.41) is 18.0. The maximum atomic E-state index is 14.1. The van der Waals surface area contributed by atoms with Gasteiger partial charge in [0.05, 0.1) is 43.9 Å². The number of cyclic esters (lactones) is 1. The predicted molar refractivity (Wildman–Crippen MR) is 247 cm³/mol. The largest absolute Gasteiger partial charge is 0.460 e. The number of amides is 5. The summed E-state index contributed by atoms with van der Waals surface area (Å²) in [6.07, 6.45) is 3.74. The van der Waals surface area contributed by atoms with E-state index >= 15 is 0 Å². The maximum absolute atomic E-state index is 14.1. The lowest BCUT2D eigenvalue weighted by Crippen LogP contribution is -2.58. The van der Waals surface area contributed by atoms with Gasteiger partial charge < -0.3 is 35.0 Å². The third-order valence-corrected chi connectivity index (χ3v) is 12.8. The molecule has 6 rings (SSSR count). The molecular weight excluding hydrogens is 898 g/mol. The molecule has 2 fully saturated rings. The summed E-state index contributed by atoms with van der Waals surface area (Å²) in [4.78, 5) is 95.7. The number of rotatable bonds is 14. The fraction of sp³-hybridized carbons (Fsp3) is 0.531. The number of hydrogen-bond acceptors (Lipinski definition) is 13. The number of aromatic nitrogens is 3. The first-order valence-electron chi connectivity index (χ1n) is 22.9. The standard InChI is InChI=1S/C49H62ClN7O11/c1-28-12-13-32(22-35(28)50)23-36-45(62)51-30(3)49(7,8)47(64)53-37(24-48(4,5)6)46(63)66-38(10-9-11-39(58)52-36)29(2)43-44(67-43)33-16-14-31(15-17-33)25-56-26-34(54-55-56)27-65-21-20-42(61)68-57-40(59)18-19-41(57)60/h9,11-17,22,26,29-30,36-38,43-44H,10,18-21,23-25,27H2,1-8H3,(H,51,62)(H,52,58)(H,53,64)/b11-9+/t29-,30-,36+,37-,38-,43+,44+/m0/s1. The molecule has 18 nitrogen and oxygen atoms in total. The van der Waals surface area contributed by atoms with E-state index in [9.17, 15) is 33.6 Å². The van der Waals surface area contributed by atoms with E-state index in [0.717, 1.165) is 22.3 Å². The molecule has 0 radical (unpaired) electrons. The van der Waals surface area contributed by atoms with E-state index in [1.807, 2.05) is 71.0 Å². The van der Waals surface area contributed by atoms with Crippen LogP contribution >= 0.6 is 11.6 Å². The van der Waals surface area contributed by atoms with Gasteiger partial charge in [-0.1, -0.05) is 87.0 Å². The van der Waals surface area contributed by atoms with Crippen LogP contribution in [0.5, 0.6) is 0 Å². The van der Waals surface area contributed by atoms with Gasteiger partial charge in [0.25, 0.3) is 11.8 Å². The third kappa shape index (κ3) is 13.8. The van der Waals surface area contributed by atoms with E-state index in [1.165, 1.54) is 6.08 Å². The molecule has 7 atom stereocenters. The van der Waals surface area contributed by atoms with Crippen molar-refractivity contribution in [2.75, 3.05) is 6.61 Å². The van der Waals surface area contributed by atoms with Crippen molar-refractivity contribution in [1.29, 1.82) is 0 Å². The zero-order valence-corrected chi connectivity index (χ0v) is 40.6. The van der Waals surface area contributed by atoms with Crippen molar-refractivity contribution in [1.82, 2.24) is 36.0 Å². The van der Waals surface area contributed by atoms with Gasteiger partial charge in [-0.15, -0.1) is 10.2 Å². The fourth-order valence-corrected chi connectivity index (χ4v) is 8.01. The van der Waals surface area contributed by atoms with Crippen LogP contribution in [0, 0.1) is 23.7 Å². The number of carbonyl (C=O) groups is 7. The van der Waals surface area contributed by atoms with E-state index in [-0.39, 0.29) is 75.3 Å². The van der Waals surface area contributed by atoms with Gasteiger partial charge in [-0.2, -0.15) is 0 Å². The topological polar surface area (TPSA) is 230 Å². The summed E-state index contributed by atoms with van der Waals surface area (Å²) in [7, 11) is 0. The minimum Gasteiger partial charge on any atom is -0.460 e. The molecule has 2 aromatic carbocycles. The lowest BCUT2D eigenvalue weighted by atomic mass is 9.82. The first-order chi connectivity index (χ1) is 32.1. The second kappa shape index (κ2) is 22.0. The summed E-state index contributed by atoms with van der Waals surface area (Å²) in [5.41, 5.74) is 2.44. The number of hydroxylamine groups is 2. The zero-order valence-electron chi connectivity index (χ0n) is 39.8. The lowest BCUT2D eigenvalue weighted by Gasteiger charge is -2.35. The SMILES string of the molecule is Cc1ccc(C[C@H]2NC(=O)/C=C/C[C@@H]([C@H](C)[C@H]3O[C@@H]3c3ccc(Cn4cc(COCCC(=O)ON5C(=O)CCC5=O)nn4)cc3)OC(=O)[C@H](CC(C)(C)C)NC(=O)C(C)(C)[C@H](C)NC2=O)cc1Cl. The predicted octanol–water partition coefficient (Wildman–Crippen LogP) is 4.93. The Balaban J connectivity index is 1.10. The van der Waals surface area contributed by atoms with Crippen LogP contribution in [0.15, 0.2) is 60.8 Å². The molecule has 4 heterocycles. The van der Waals surface area contributed by atoms with Gasteiger partial charge >= 0.3 is 11.9 Å². The van der Waals surface area contributed by atoms with Crippen LogP contribution in [0.4, 0.5) is 0 Å². The van der Waals surface area contributed by atoms with Crippen LogP contribution < -0.4 is 16.0 Å². The molecule has 0 unspecified atom stereocenters. The molecule has 0 spiro atoms. The summed E-state index contributed by atoms with van der Waals surface area (Å²) in [5.74, 6) is -4.25. The van der Waals surface area contributed by atoms with Gasteiger partial charge in [-0.25, -0.2) is 14.3 Å². The molecule has 19 heteroatoms. The molecule has 1 aromatic heterocycles. The Labute approximate surface area is 401 Å². The molecule has 3 aliphatic rings. The molecule has 0 aliphatic carbocycles. The number of nitrogens with zero attached hydrogens (tertiary/aromatic N) is 4. The number of nitrogens with one attached hydrogen (secondary N) is 3. The Morgan fingerprint density at radius 3 is 2.34 bits per heavy atom. The highest BCUT2D eigenvalue weighted by molar-refractivity contribution is 6.31. The molecule has 0 saturated carbocycles. The van der Waals surface area contributed by atoms with E-state index in [0.29, 0.717) is 22.3 Å². The minimum atomic E-state index is -1.18. The Kier molecular flexibility index (Phi) is 16.6. The van der Waals surface area contributed by atoms with Crippen LogP contribution in [-0.4, -0.2) is 98.5 Å². The van der Waals surface area contributed by atoms with Crippen LogP contribution in [0.1, 0.15) is 115 Å². The van der Waals surface area contributed by atoms with Crippen molar-refractivity contribution < 1.29 is 52.6 Å². The summed E-state index contributed by atoms with van der Waals surface area (Å²) >= 11 is 6.41. The quantitative estimate of drug-likeness (QED) is 0.0844. The van der Waals surface area contributed by atoms with Gasteiger partial charge in [0, 0.05) is 42.7 Å². The van der Waals surface area contributed by atoms with Crippen molar-refractivity contribution in [2.45, 2.75) is 144 Å². The van der Waals surface area contributed by atoms with E-state index in [1.54, 1.807) is 43.8 Å². The normalized spacial score (nSPS) is 24.7. The number of epoxide rings is 1. The molecule has 68 heavy (non-hydrogen) atoms. The number of ether oxygens (including phenoxy) is 3. The van der Waals surface area contributed by atoms with Crippen molar-refractivity contribution in [3.05, 3.63) is 93.8 Å². The average Bonchev–Trinajstić information content (AvgIpc) is 3.85. The van der Waals surface area contributed by atoms with Crippen LogP contribution in [0.3, 0.4) is 0 Å². The molecule has 0 bridgehead atoms. The number of halogens is 1. The Morgan fingerprint density at radius 2 is 1.66 bits per heavy atom. The van der Waals surface area contributed by atoms with Crippen molar-refractivity contribution in [3.8, 4) is 0 Å².